The summed E-state index contributed by atoms with van der Waals surface area (Å²) in [5, 5.41) is 1.92. The van der Waals surface area contributed by atoms with Crippen molar-refractivity contribution in [1.82, 2.24) is 14.1 Å². The van der Waals surface area contributed by atoms with Crippen LogP contribution >= 0.6 is 0 Å². The maximum absolute atomic E-state index is 9.79. The molecule has 0 fully saturated rings. The molecule has 342 valence electrons. The molecule has 11 aromatic rings. The van der Waals surface area contributed by atoms with Crippen LogP contribution in [0.25, 0.3) is 83.4 Å². The van der Waals surface area contributed by atoms with Gasteiger partial charge in [0, 0.05) is 51.2 Å². The van der Waals surface area contributed by atoms with E-state index in [1.807, 2.05) is 48.7 Å². The van der Waals surface area contributed by atoms with Gasteiger partial charge in [-0.05, 0) is 86.3 Å². The second-order valence-corrected chi connectivity index (χ2v) is 17.6. The smallest absolute Gasteiger partial charge is 0.268 e. The Labute approximate surface area is 435 Å². The third-order valence-electron chi connectivity index (χ3n) is 12.5. The van der Waals surface area contributed by atoms with Crippen molar-refractivity contribution in [2.24, 2.45) is 0 Å². The number of fused-ring (bicyclic) bond motifs is 4. The molecule has 3 heterocycles. The summed E-state index contributed by atoms with van der Waals surface area (Å²) in [6, 6.07) is 41.6. The van der Waals surface area contributed by atoms with E-state index in [0.29, 0.717) is 46.9 Å². The van der Waals surface area contributed by atoms with Gasteiger partial charge in [0.25, 0.3) is 6.33 Å². The van der Waals surface area contributed by atoms with E-state index in [1.165, 1.54) is 5.56 Å². The van der Waals surface area contributed by atoms with E-state index in [-0.39, 0.29) is 54.4 Å². The van der Waals surface area contributed by atoms with Crippen LogP contribution in [-0.2, 0) is 26.5 Å². The van der Waals surface area contributed by atoms with E-state index in [1.54, 1.807) is 51.6 Å². The fraction of sp³-hybridized carbons (Fsp3) is 0.143. The van der Waals surface area contributed by atoms with E-state index >= 15 is 0 Å². The van der Waals surface area contributed by atoms with Gasteiger partial charge in [0.2, 0.25) is 0 Å². The molecule has 0 amide bonds. The van der Waals surface area contributed by atoms with Gasteiger partial charge in [0.05, 0.1) is 30.4 Å². The van der Waals surface area contributed by atoms with E-state index < -0.39 is 66.3 Å². The molecule has 0 aliphatic carbocycles. The predicted molar refractivity (Wildman–Crippen MR) is 278 cm³/mol. The molecule has 6 heteroatoms. The van der Waals surface area contributed by atoms with Crippen molar-refractivity contribution < 1.29 is 45.4 Å². The Balaban J connectivity index is 0.00000720. The van der Waals surface area contributed by atoms with Gasteiger partial charge in [-0.15, -0.1) is 29.7 Å². The van der Waals surface area contributed by atoms with Crippen LogP contribution in [-0.4, -0.2) is 14.1 Å². The van der Waals surface area contributed by atoms with Crippen molar-refractivity contribution in [2.45, 2.75) is 58.8 Å². The third-order valence-corrected chi connectivity index (χ3v) is 12.5. The molecule has 0 saturated carbocycles. The molecule has 0 atom stereocenters. The molecule has 3 aromatic heterocycles. The minimum absolute atomic E-state index is 0. The molecule has 0 spiro atoms. The van der Waals surface area contributed by atoms with Crippen molar-refractivity contribution in [2.75, 3.05) is 0 Å². The van der Waals surface area contributed by atoms with E-state index in [4.69, 9.17) is 23.4 Å². The van der Waals surface area contributed by atoms with Crippen LogP contribution in [0.2, 0.25) is 0 Å². The number of hydrogen-bond donors (Lipinski definition) is 0. The van der Waals surface area contributed by atoms with Crippen LogP contribution in [0.5, 0.6) is 11.5 Å². The van der Waals surface area contributed by atoms with Gasteiger partial charge in [-0.3, -0.25) is 4.57 Å². The average molecular weight is 1090 g/mol. The number of benzene rings is 8. The van der Waals surface area contributed by atoms with Crippen LogP contribution in [0.15, 0.2) is 194 Å². The Morgan fingerprint density at radius 1 is 0.652 bits per heavy atom. The number of ether oxygens (including phenoxy) is 1. The van der Waals surface area contributed by atoms with Crippen molar-refractivity contribution in [1.29, 1.82) is 0 Å². The second-order valence-electron chi connectivity index (χ2n) is 17.6. The first-order valence-corrected chi connectivity index (χ1v) is 22.8. The molecule has 0 aliphatic rings. The van der Waals surface area contributed by atoms with Crippen molar-refractivity contribution in [3.8, 4) is 62.1 Å². The quantitative estimate of drug-likeness (QED) is 0.0956. The fourth-order valence-electron chi connectivity index (χ4n) is 9.15. The van der Waals surface area contributed by atoms with Crippen LogP contribution < -0.4 is 9.30 Å². The molecule has 69 heavy (non-hydrogen) atoms. The van der Waals surface area contributed by atoms with Gasteiger partial charge in [-0.2, -0.15) is 18.2 Å². The first kappa shape index (κ1) is 34.0. The SMILES string of the molecule is [2H]c1c([2H])c([2H])c(-c2cccc(-c3c([2H])c([2H])c([2H])c([2H])c3[2H])c2-[n+]2[c-]n(-c3[c-]c(Oc4[c-]c5c(cc4)c4ccccc4n5-c4cc(C([2H])(CC)CC)c(-c5ccc(C(C)(C)C)cc5)cn4)ccc3)c3ccccc32)c([2H])c1[2H].[Pt]. The van der Waals surface area contributed by atoms with Crippen LogP contribution in [0.3, 0.4) is 0 Å². The minimum atomic E-state index is -0.893. The molecule has 0 N–H and O–H groups in total. The number of para-hydroxylation sites is 4. The summed E-state index contributed by atoms with van der Waals surface area (Å²) >= 11 is 0. The fourth-order valence-corrected chi connectivity index (χ4v) is 9.15. The minimum Gasteiger partial charge on any atom is -0.510 e. The van der Waals surface area contributed by atoms with Crippen LogP contribution in [0.1, 0.15) is 79.6 Å². The van der Waals surface area contributed by atoms with E-state index in [0.717, 1.165) is 38.5 Å². The summed E-state index contributed by atoms with van der Waals surface area (Å²) in [5.74, 6) is 0.475. The monoisotopic (exact) mass is 1090 g/mol. The molecule has 0 radical (unpaired) electrons. The Morgan fingerprint density at radius 2 is 1.29 bits per heavy atom. The summed E-state index contributed by atoms with van der Waals surface area (Å²) in [4.78, 5) is 5.12. The van der Waals surface area contributed by atoms with Gasteiger partial charge < -0.3 is 13.9 Å². The normalized spacial score (nSPS) is 14.1. The molecule has 0 bridgehead atoms. The number of rotatable bonds is 11. The maximum atomic E-state index is 9.79. The standard InChI is InChI=1S/C63H52N4O.Pt/c1-6-43(7-2)55-40-61(64-41-56(55)46-32-34-47(35-33-46)63(3,4)5)67-57-29-15-14-26-53(57)54-37-36-50(39-60(54)67)68-49-25-18-24-48(38-49)65-42-66(59-31-17-16-30-58(59)65)62-51(44-20-10-8-11-21-44)27-19-28-52(62)45-22-12-9-13-23-45;/h8-37,40-41,43H,6-7H2,1-5H3;/q-2;/i8D,9D,10D,11D,12D,13D,20D,21D,22D,23D,43D;. The summed E-state index contributed by atoms with van der Waals surface area (Å²) < 4.78 is 109. The third kappa shape index (κ3) is 8.51. The zero-order chi connectivity index (χ0) is 56.0. The molecule has 5 nitrogen and oxygen atoms in total. The molecular weight excluding hydrogens is 1020 g/mol. The largest absolute Gasteiger partial charge is 0.510 e. The van der Waals surface area contributed by atoms with Crippen molar-refractivity contribution in [3.63, 3.8) is 0 Å². The zero-order valence-corrected chi connectivity index (χ0v) is 40.9. The van der Waals surface area contributed by atoms with Crippen LogP contribution in [0, 0.1) is 18.5 Å². The second kappa shape index (κ2) is 19.0. The van der Waals surface area contributed by atoms with Crippen molar-refractivity contribution in [3.05, 3.63) is 224 Å². The number of pyridine rings is 1. The van der Waals surface area contributed by atoms with Gasteiger partial charge in [-0.25, -0.2) is 4.98 Å². The molecule has 11 rings (SSSR count). The maximum Gasteiger partial charge on any atom is 0.268 e. The number of hydrogen-bond acceptors (Lipinski definition) is 2. The summed E-state index contributed by atoms with van der Waals surface area (Å²) in [5.41, 5.74) is 7.36. The van der Waals surface area contributed by atoms with Gasteiger partial charge in [-0.1, -0.05) is 185 Å². The molecular formula is C63H52N4OPt-2. The predicted octanol–water partition coefficient (Wildman–Crippen LogP) is 15.8. The Hall–Kier alpha value is -7.33. The van der Waals surface area contributed by atoms with Crippen molar-refractivity contribution >= 4 is 32.8 Å². The zero-order valence-electron chi connectivity index (χ0n) is 49.6. The number of imidazole rings is 1. The van der Waals surface area contributed by atoms with Crippen LogP contribution in [0.4, 0.5) is 0 Å². The van der Waals surface area contributed by atoms with E-state index in [9.17, 15) is 1.37 Å². The average Bonchev–Trinajstić information content (AvgIpc) is 4.05. The number of nitrogens with zero attached hydrogens (tertiary/aromatic N) is 4. The molecule has 0 saturated heterocycles. The van der Waals surface area contributed by atoms with E-state index in [2.05, 4.69) is 100 Å². The van der Waals surface area contributed by atoms with Gasteiger partial charge in [0.15, 0.2) is 0 Å². The first-order valence-electron chi connectivity index (χ1n) is 28.3. The molecule has 8 aromatic carbocycles. The van der Waals surface area contributed by atoms with Gasteiger partial charge >= 0.3 is 0 Å². The molecule has 0 aliphatic heterocycles. The Bertz CT molecular complexity index is 4130. The Kier molecular flexibility index (Phi) is 9.36. The summed E-state index contributed by atoms with van der Waals surface area (Å²) in [6.07, 6.45) is 6.50. The summed E-state index contributed by atoms with van der Waals surface area (Å²) in [6.45, 7) is 10.7. The number of aromatic nitrogens is 4. The summed E-state index contributed by atoms with van der Waals surface area (Å²) in [7, 11) is 0. The van der Waals surface area contributed by atoms with Gasteiger partial charge in [0.1, 0.15) is 5.82 Å². The Morgan fingerprint density at radius 3 is 1.97 bits per heavy atom. The molecule has 0 unspecified atom stereocenters. The topological polar surface area (TPSA) is 35.9 Å². The first-order chi connectivity index (χ1) is 37.8.